The van der Waals surface area contributed by atoms with Crippen LogP contribution in [0.25, 0.3) is 0 Å². The molecule has 7 heteroatoms. The molecule has 1 atom stereocenters. The van der Waals surface area contributed by atoms with Crippen LogP contribution in [0.15, 0.2) is 42.5 Å². The molecule has 2 aromatic rings. The second-order valence-corrected chi connectivity index (χ2v) is 6.55. The van der Waals surface area contributed by atoms with E-state index in [0.29, 0.717) is 48.2 Å². The second kappa shape index (κ2) is 11.7. The Bertz CT molecular complexity index is 834. The molecule has 0 aromatic heterocycles. The van der Waals surface area contributed by atoms with Crippen LogP contribution in [0.5, 0.6) is 17.2 Å². The molecule has 2 aromatic carbocycles. The lowest BCUT2D eigenvalue weighted by atomic mass is 10.0. The lowest BCUT2D eigenvalue weighted by molar-refractivity contribution is -0.306. The summed E-state index contributed by atoms with van der Waals surface area (Å²) >= 11 is 0. The molecule has 0 spiro atoms. The van der Waals surface area contributed by atoms with Gasteiger partial charge in [0, 0.05) is 18.0 Å². The predicted octanol–water partition coefficient (Wildman–Crippen LogP) is 2.88. The van der Waals surface area contributed by atoms with Crippen molar-refractivity contribution in [3.05, 3.63) is 53.6 Å². The number of aliphatic carboxylic acids is 1. The van der Waals surface area contributed by atoms with Gasteiger partial charge in [0.1, 0.15) is 5.75 Å². The Balaban J connectivity index is 2.20. The molecular formula is C23H28NO6-. The third-order valence-electron chi connectivity index (χ3n) is 4.24. The second-order valence-electron chi connectivity index (χ2n) is 6.55. The van der Waals surface area contributed by atoms with Gasteiger partial charge in [-0.15, -0.1) is 0 Å². The van der Waals surface area contributed by atoms with Crippen molar-refractivity contribution in [1.82, 2.24) is 5.32 Å². The predicted molar refractivity (Wildman–Crippen MR) is 111 cm³/mol. The van der Waals surface area contributed by atoms with Crippen LogP contribution in [-0.4, -0.2) is 31.7 Å². The Labute approximate surface area is 177 Å². The molecule has 0 heterocycles. The minimum absolute atomic E-state index is 0.341. The summed E-state index contributed by atoms with van der Waals surface area (Å²) in [6.45, 7) is 7.20. The van der Waals surface area contributed by atoms with E-state index in [4.69, 9.17) is 14.2 Å². The highest BCUT2D eigenvalue weighted by Gasteiger charge is 2.18. The Hall–Kier alpha value is -3.22. The maximum atomic E-state index is 12.8. The van der Waals surface area contributed by atoms with Crippen LogP contribution in [0.2, 0.25) is 0 Å². The van der Waals surface area contributed by atoms with Crippen molar-refractivity contribution in [3.63, 3.8) is 0 Å². The molecule has 0 saturated heterocycles. The fourth-order valence-corrected chi connectivity index (χ4v) is 2.87. The first-order chi connectivity index (χ1) is 14.5. The summed E-state index contributed by atoms with van der Waals surface area (Å²) in [5.41, 5.74) is 0.987. The summed E-state index contributed by atoms with van der Waals surface area (Å²) in [4.78, 5) is 24.0. The minimum Gasteiger partial charge on any atom is -0.550 e. The highest BCUT2D eigenvalue weighted by molar-refractivity contribution is 5.95. The van der Waals surface area contributed by atoms with Crippen LogP contribution in [-0.2, 0) is 4.79 Å². The molecule has 0 saturated carbocycles. The van der Waals surface area contributed by atoms with Crippen molar-refractivity contribution in [2.75, 3.05) is 19.8 Å². The SMILES string of the molecule is CCCOc1ccc([C@@H](CC(=O)[O-])NC(=O)c2ccc(OCC)c(OCC)c2)cc1. The van der Waals surface area contributed by atoms with E-state index in [-0.39, 0.29) is 6.42 Å². The minimum atomic E-state index is -1.26. The van der Waals surface area contributed by atoms with E-state index in [1.807, 2.05) is 20.8 Å². The summed E-state index contributed by atoms with van der Waals surface area (Å²) in [5.74, 6) is 0.0163. The lowest BCUT2D eigenvalue weighted by Crippen LogP contribution is -2.34. The summed E-state index contributed by atoms with van der Waals surface area (Å²) < 4.78 is 16.6. The average molecular weight is 414 g/mol. The maximum absolute atomic E-state index is 12.8. The zero-order valence-corrected chi connectivity index (χ0v) is 17.6. The quantitative estimate of drug-likeness (QED) is 0.574. The molecular weight excluding hydrogens is 386 g/mol. The van der Waals surface area contributed by atoms with Gasteiger partial charge in [-0.1, -0.05) is 19.1 Å². The van der Waals surface area contributed by atoms with E-state index >= 15 is 0 Å². The Morgan fingerprint density at radius 1 is 0.933 bits per heavy atom. The number of carboxylic acids is 1. The maximum Gasteiger partial charge on any atom is 0.251 e. The molecule has 0 aliphatic rings. The molecule has 0 aliphatic heterocycles. The molecule has 0 unspecified atom stereocenters. The van der Waals surface area contributed by atoms with Gasteiger partial charge in [-0.05, 0) is 56.2 Å². The first kappa shape index (κ1) is 23.1. The average Bonchev–Trinajstić information content (AvgIpc) is 2.73. The van der Waals surface area contributed by atoms with E-state index < -0.39 is 17.9 Å². The molecule has 1 N–H and O–H groups in total. The number of ether oxygens (including phenoxy) is 3. The number of rotatable bonds is 12. The van der Waals surface area contributed by atoms with Gasteiger partial charge in [0.15, 0.2) is 11.5 Å². The van der Waals surface area contributed by atoms with Gasteiger partial charge in [-0.3, -0.25) is 4.79 Å². The van der Waals surface area contributed by atoms with Crippen LogP contribution in [0, 0.1) is 0 Å². The molecule has 162 valence electrons. The fraction of sp³-hybridized carbons (Fsp3) is 0.391. The van der Waals surface area contributed by atoms with E-state index in [1.54, 1.807) is 42.5 Å². The molecule has 0 aliphatic carbocycles. The van der Waals surface area contributed by atoms with E-state index in [0.717, 1.165) is 6.42 Å². The monoisotopic (exact) mass is 414 g/mol. The number of carbonyl (C=O) groups excluding carboxylic acids is 2. The first-order valence-corrected chi connectivity index (χ1v) is 10.1. The van der Waals surface area contributed by atoms with Gasteiger partial charge >= 0.3 is 0 Å². The van der Waals surface area contributed by atoms with Gasteiger partial charge in [-0.25, -0.2) is 0 Å². The van der Waals surface area contributed by atoms with Crippen LogP contribution < -0.4 is 24.6 Å². The van der Waals surface area contributed by atoms with Crippen molar-refractivity contribution >= 4 is 11.9 Å². The summed E-state index contributed by atoms with van der Waals surface area (Å²) in [6, 6.07) is 11.1. The Kier molecular flexibility index (Phi) is 9.00. The number of carboxylic acid groups (broad SMARTS) is 1. The standard InChI is InChI=1S/C23H29NO6/c1-4-13-30-18-10-7-16(8-11-18)19(15-22(25)26)24-23(27)17-9-12-20(28-5-2)21(14-17)29-6-3/h7-12,14,19H,4-6,13,15H2,1-3H3,(H,24,27)(H,25,26)/p-1/t19-/m1/s1. The number of amides is 1. The van der Waals surface area contributed by atoms with Crippen LogP contribution in [0.4, 0.5) is 0 Å². The Morgan fingerprint density at radius 3 is 2.20 bits per heavy atom. The third kappa shape index (κ3) is 6.69. The smallest absolute Gasteiger partial charge is 0.251 e. The van der Waals surface area contributed by atoms with Crippen LogP contribution in [0.1, 0.15) is 55.6 Å². The molecule has 1 amide bonds. The molecule has 0 fully saturated rings. The number of nitrogens with one attached hydrogen (secondary N) is 1. The van der Waals surface area contributed by atoms with E-state index in [1.165, 1.54) is 0 Å². The molecule has 2 rings (SSSR count). The van der Waals surface area contributed by atoms with Gasteiger partial charge in [-0.2, -0.15) is 0 Å². The Morgan fingerprint density at radius 2 is 1.60 bits per heavy atom. The van der Waals surface area contributed by atoms with Gasteiger partial charge < -0.3 is 29.4 Å². The largest absolute Gasteiger partial charge is 0.550 e. The summed E-state index contributed by atoms with van der Waals surface area (Å²) in [7, 11) is 0. The van der Waals surface area contributed by atoms with Gasteiger partial charge in [0.2, 0.25) is 0 Å². The molecule has 7 nitrogen and oxygen atoms in total. The van der Waals surface area contributed by atoms with Crippen molar-refractivity contribution in [2.24, 2.45) is 0 Å². The van der Waals surface area contributed by atoms with Crippen molar-refractivity contribution in [3.8, 4) is 17.2 Å². The van der Waals surface area contributed by atoms with E-state index in [9.17, 15) is 14.7 Å². The fourth-order valence-electron chi connectivity index (χ4n) is 2.87. The molecule has 0 bridgehead atoms. The van der Waals surface area contributed by atoms with Crippen molar-refractivity contribution in [1.29, 1.82) is 0 Å². The lowest BCUT2D eigenvalue weighted by Gasteiger charge is -2.21. The zero-order valence-electron chi connectivity index (χ0n) is 17.6. The number of benzene rings is 2. The van der Waals surface area contributed by atoms with Gasteiger partial charge in [0.25, 0.3) is 5.91 Å². The van der Waals surface area contributed by atoms with Gasteiger partial charge in [0.05, 0.1) is 25.9 Å². The molecule has 30 heavy (non-hydrogen) atoms. The highest BCUT2D eigenvalue weighted by Crippen LogP contribution is 2.29. The number of carbonyl (C=O) groups is 2. The first-order valence-electron chi connectivity index (χ1n) is 10.1. The third-order valence-corrected chi connectivity index (χ3v) is 4.24. The number of hydrogen-bond acceptors (Lipinski definition) is 6. The highest BCUT2D eigenvalue weighted by atomic mass is 16.5. The summed E-state index contributed by atoms with van der Waals surface area (Å²) in [6.07, 6.45) is 0.535. The molecule has 0 radical (unpaired) electrons. The van der Waals surface area contributed by atoms with Crippen molar-refractivity contribution < 1.29 is 28.9 Å². The zero-order chi connectivity index (χ0) is 21.9. The van der Waals surface area contributed by atoms with Crippen LogP contribution in [0.3, 0.4) is 0 Å². The van der Waals surface area contributed by atoms with E-state index in [2.05, 4.69) is 5.32 Å². The normalized spacial score (nSPS) is 11.4. The summed E-state index contributed by atoms with van der Waals surface area (Å²) in [5, 5.41) is 14.0. The van der Waals surface area contributed by atoms with Crippen LogP contribution >= 0.6 is 0 Å². The van der Waals surface area contributed by atoms with Crippen molar-refractivity contribution in [2.45, 2.75) is 39.7 Å². The number of hydrogen-bond donors (Lipinski definition) is 1. The topological polar surface area (TPSA) is 96.9 Å².